The minimum absolute atomic E-state index is 0.0802. The van der Waals surface area contributed by atoms with Gasteiger partial charge in [-0.15, -0.1) is 11.3 Å². The Balaban J connectivity index is 1.78. The van der Waals surface area contributed by atoms with E-state index in [4.69, 9.17) is 0 Å². The number of benzene rings is 1. The zero-order valence-electron chi connectivity index (χ0n) is 11.4. The summed E-state index contributed by atoms with van der Waals surface area (Å²) in [6.45, 7) is 1.94. The van der Waals surface area contributed by atoms with Gasteiger partial charge in [-0.1, -0.05) is 29.4 Å². The highest BCUT2D eigenvalue weighted by atomic mass is 32.1. The normalized spacial score (nSPS) is 11.8. The van der Waals surface area contributed by atoms with Gasteiger partial charge in [-0.25, -0.2) is 4.98 Å². The van der Waals surface area contributed by atoms with Gasteiger partial charge in [-0.3, -0.25) is 0 Å². The van der Waals surface area contributed by atoms with Crippen molar-refractivity contribution in [1.82, 2.24) is 15.1 Å². The van der Waals surface area contributed by atoms with Crippen LogP contribution < -0.4 is 0 Å². The van der Waals surface area contributed by atoms with Gasteiger partial charge in [0.15, 0.2) is 0 Å². The molecule has 0 atom stereocenters. The van der Waals surface area contributed by atoms with Crippen LogP contribution in [0, 0.1) is 6.92 Å². The highest BCUT2D eigenvalue weighted by Gasteiger charge is 2.38. The first-order valence-electron chi connectivity index (χ1n) is 6.33. The predicted molar refractivity (Wildman–Crippen MR) is 74.4 cm³/mol. The van der Waals surface area contributed by atoms with Crippen molar-refractivity contribution < 1.29 is 17.7 Å². The minimum atomic E-state index is -4.63. The smallest absolute Gasteiger partial charge is 0.329 e. The maximum atomic E-state index is 12.4. The van der Waals surface area contributed by atoms with Crippen LogP contribution in [0.25, 0.3) is 11.4 Å². The summed E-state index contributed by atoms with van der Waals surface area (Å²) in [5, 5.41) is 6.34. The highest BCUT2D eigenvalue weighted by molar-refractivity contribution is 7.09. The van der Waals surface area contributed by atoms with E-state index in [1.54, 1.807) is 23.5 Å². The molecule has 0 aliphatic heterocycles. The quantitative estimate of drug-likeness (QED) is 0.727. The summed E-state index contributed by atoms with van der Waals surface area (Å²) in [4.78, 5) is 7.73. The Morgan fingerprint density at radius 1 is 1.14 bits per heavy atom. The van der Waals surface area contributed by atoms with Crippen molar-refractivity contribution in [3.8, 4) is 11.4 Å². The lowest BCUT2D eigenvalue weighted by Gasteiger charge is -2.00. The standard InChI is InChI=1S/C14H10F3N3OS/c1-8-18-11(7-22-8)6-9-2-4-10(5-3-9)12-19-13(21-20-12)14(15,16)17/h2-5,7H,6H2,1H3. The second-order valence-electron chi connectivity index (χ2n) is 4.65. The molecule has 0 saturated heterocycles. The summed E-state index contributed by atoms with van der Waals surface area (Å²) in [6.07, 6.45) is -3.96. The van der Waals surface area contributed by atoms with Gasteiger partial charge in [-0.2, -0.15) is 18.2 Å². The third-order valence-corrected chi connectivity index (χ3v) is 3.75. The molecule has 0 radical (unpaired) electrons. The van der Waals surface area contributed by atoms with Crippen LogP contribution in [0.4, 0.5) is 13.2 Å². The predicted octanol–water partition coefficient (Wildman–Crippen LogP) is 4.11. The summed E-state index contributed by atoms with van der Waals surface area (Å²) in [5.41, 5.74) is 2.44. The number of aryl methyl sites for hydroxylation is 1. The Kier molecular flexibility index (Phi) is 3.69. The largest absolute Gasteiger partial charge is 0.471 e. The van der Waals surface area contributed by atoms with Gasteiger partial charge >= 0.3 is 12.1 Å². The van der Waals surface area contributed by atoms with Crippen molar-refractivity contribution >= 4 is 11.3 Å². The second-order valence-corrected chi connectivity index (χ2v) is 5.71. The zero-order valence-corrected chi connectivity index (χ0v) is 12.2. The summed E-state index contributed by atoms with van der Waals surface area (Å²) in [6, 6.07) is 6.96. The summed E-state index contributed by atoms with van der Waals surface area (Å²) >= 11 is 1.58. The molecule has 0 bridgehead atoms. The third kappa shape index (κ3) is 3.16. The SMILES string of the molecule is Cc1nc(Cc2ccc(-c3noc(C(F)(F)F)n3)cc2)cs1. The average Bonchev–Trinajstić information content (AvgIpc) is 3.08. The van der Waals surface area contributed by atoms with Crippen LogP contribution in [0.2, 0.25) is 0 Å². The van der Waals surface area contributed by atoms with E-state index in [9.17, 15) is 13.2 Å². The molecule has 0 aliphatic rings. The fourth-order valence-electron chi connectivity index (χ4n) is 1.93. The fraction of sp³-hybridized carbons (Fsp3) is 0.214. The van der Waals surface area contributed by atoms with Crippen LogP contribution in [0.15, 0.2) is 34.2 Å². The lowest BCUT2D eigenvalue weighted by molar-refractivity contribution is -0.159. The van der Waals surface area contributed by atoms with E-state index in [0.29, 0.717) is 12.0 Å². The fourth-order valence-corrected chi connectivity index (χ4v) is 2.54. The molecule has 0 N–H and O–H groups in total. The van der Waals surface area contributed by atoms with E-state index < -0.39 is 12.1 Å². The molecule has 2 aromatic heterocycles. The highest BCUT2D eigenvalue weighted by Crippen LogP contribution is 2.29. The minimum Gasteiger partial charge on any atom is -0.329 e. The molecule has 3 aromatic rings. The lowest BCUT2D eigenvalue weighted by atomic mass is 10.1. The first-order chi connectivity index (χ1) is 10.4. The van der Waals surface area contributed by atoms with Gasteiger partial charge in [0.25, 0.3) is 0 Å². The van der Waals surface area contributed by atoms with Crippen LogP contribution in [0.1, 0.15) is 22.2 Å². The topological polar surface area (TPSA) is 51.8 Å². The molecule has 3 rings (SSSR count). The van der Waals surface area contributed by atoms with Gasteiger partial charge < -0.3 is 4.52 Å². The van der Waals surface area contributed by atoms with E-state index in [1.165, 1.54) is 0 Å². The Morgan fingerprint density at radius 2 is 1.86 bits per heavy atom. The van der Waals surface area contributed by atoms with E-state index >= 15 is 0 Å². The molecule has 0 amide bonds. The molecular weight excluding hydrogens is 315 g/mol. The van der Waals surface area contributed by atoms with E-state index in [2.05, 4.69) is 19.6 Å². The number of aromatic nitrogens is 3. The number of hydrogen-bond donors (Lipinski definition) is 0. The van der Waals surface area contributed by atoms with Crippen LogP contribution in [0.3, 0.4) is 0 Å². The maximum Gasteiger partial charge on any atom is 0.471 e. The van der Waals surface area contributed by atoms with Crippen molar-refractivity contribution in [3.05, 3.63) is 51.8 Å². The summed E-state index contributed by atoms with van der Waals surface area (Å²) in [5.74, 6) is -1.42. The molecule has 22 heavy (non-hydrogen) atoms. The molecule has 2 heterocycles. The molecule has 0 aliphatic carbocycles. The van der Waals surface area contributed by atoms with Crippen molar-refractivity contribution in [3.63, 3.8) is 0 Å². The average molecular weight is 325 g/mol. The molecule has 0 saturated carbocycles. The van der Waals surface area contributed by atoms with Crippen molar-refractivity contribution in [2.75, 3.05) is 0 Å². The van der Waals surface area contributed by atoms with Gasteiger partial charge in [-0.05, 0) is 12.5 Å². The van der Waals surface area contributed by atoms with Crippen molar-refractivity contribution in [1.29, 1.82) is 0 Å². The number of alkyl halides is 3. The molecule has 4 nitrogen and oxygen atoms in total. The van der Waals surface area contributed by atoms with Crippen LogP contribution in [-0.2, 0) is 12.6 Å². The maximum absolute atomic E-state index is 12.4. The second kappa shape index (κ2) is 5.53. The molecular formula is C14H10F3N3OS. The summed E-state index contributed by atoms with van der Waals surface area (Å²) < 4.78 is 41.5. The van der Waals surface area contributed by atoms with Gasteiger partial charge in [0.2, 0.25) is 5.82 Å². The molecule has 0 unspecified atom stereocenters. The van der Waals surface area contributed by atoms with E-state index in [-0.39, 0.29) is 5.82 Å². The Hall–Kier alpha value is -2.22. The Morgan fingerprint density at radius 3 is 2.41 bits per heavy atom. The first-order valence-corrected chi connectivity index (χ1v) is 7.21. The monoisotopic (exact) mass is 325 g/mol. The summed E-state index contributed by atoms with van der Waals surface area (Å²) in [7, 11) is 0. The molecule has 8 heteroatoms. The number of thiazole rings is 1. The molecule has 0 fully saturated rings. The van der Waals surface area contributed by atoms with Gasteiger partial charge in [0.05, 0.1) is 10.7 Å². The van der Waals surface area contributed by atoms with Crippen molar-refractivity contribution in [2.45, 2.75) is 19.5 Å². The van der Waals surface area contributed by atoms with Gasteiger partial charge in [0, 0.05) is 17.4 Å². The lowest BCUT2D eigenvalue weighted by Crippen LogP contribution is -2.04. The van der Waals surface area contributed by atoms with Crippen LogP contribution in [-0.4, -0.2) is 15.1 Å². The van der Waals surface area contributed by atoms with E-state index in [0.717, 1.165) is 16.3 Å². The Bertz CT molecular complexity index is 777. The van der Waals surface area contributed by atoms with Crippen molar-refractivity contribution in [2.24, 2.45) is 0 Å². The zero-order chi connectivity index (χ0) is 15.7. The molecule has 0 spiro atoms. The van der Waals surface area contributed by atoms with E-state index in [1.807, 2.05) is 24.4 Å². The number of halogens is 3. The molecule has 114 valence electrons. The number of hydrogen-bond acceptors (Lipinski definition) is 5. The van der Waals surface area contributed by atoms with Crippen LogP contribution in [0.5, 0.6) is 0 Å². The molecule has 1 aromatic carbocycles. The van der Waals surface area contributed by atoms with Crippen LogP contribution >= 0.6 is 11.3 Å². The number of nitrogens with zero attached hydrogens (tertiary/aromatic N) is 3. The Labute approximate surface area is 127 Å². The third-order valence-electron chi connectivity index (χ3n) is 2.93. The first kappa shape index (κ1) is 14.7. The number of rotatable bonds is 3. The van der Waals surface area contributed by atoms with Gasteiger partial charge in [0.1, 0.15) is 0 Å².